The highest BCUT2D eigenvalue weighted by Gasteiger charge is 2.12. The molecular formula is C12H17BrN2. The molecule has 3 heteroatoms. The summed E-state index contributed by atoms with van der Waals surface area (Å²) in [5, 5.41) is 3.17. The fourth-order valence-corrected chi connectivity index (χ4v) is 2.55. The average Bonchev–Trinajstić information content (AvgIpc) is 2.74. The Balaban J connectivity index is 2.16. The highest BCUT2D eigenvalue weighted by molar-refractivity contribution is 9.10. The Kier molecular flexibility index (Phi) is 3.65. The third-order valence-electron chi connectivity index (χ3n) is 2.88. The molecule has 1 aromatic rings. The third kappa shape index (κ3) is 2.52. The Morgan fingerprint density at radius 1 is 1.33 bits per heavy atom. The van der Waals surface area contributed by atoms with Gasteiger partial charge in [-0.1, -0.05) is 22.0 Å². The van der Waals surface area contributed by atoms with Crippen LogP contribution in [0.15, 0.2) is 22.7 Å². The molecule has 1 aromatic carbocycles. The molecule has 15 heavy (non-hydrogen) atoms. The van der Waals surface area contributed by atoms with Gasteiger partial charge in [0, 0.05) is 29.8 Å². The second-order valence-electron chi connectivity index (χ2n) is 4.00. The molecule has 1 saturated heterocycles. The molecule has 1 aliphatic rings. The smallest absolute Gasteiger partial charge is 0.0377 e. The van der Waals surface area contributed by atoms with E-state index < -0.39 is 0 Å². The van der Waals surface area contributed by atoms with Gasteiger partial charge in [0.15, 0.2) is 0 Å². The Labute approximate surface area is 99.8 Å². The van der Waals surface area contributed by atoms with Gasteiger partial charge in [0.25, 0.3) is 0 Å². The molecule has 0 spiro atoms. The van der Waals surface area contributed by atoms with Crippen LogP contribution in [-0.2, 0) is 6.54 Å². The summed E-state index contributed by atoms with van der Waals surface area (Å²) in [7, 11) is 1.97. The number of nitrogens with zero attached hydrogens (tertiary/aromatic N) is 1. The maximum atomic E-state index is 3.63. The van der Waals surface area contributed by atoms with Crippen molar-refractivity contribution < 1.29 is 0 Å². The molecule has 0 unspecified atom stereocenters. The lowest BCUT2D eigenvalue weighted by Gasteiger charge is -2.18. The van der Waals surface area contributed by atoms with Crippen LogP contribution in [0.2, 0.25) is 0 Å². The van der Waals surface area contributed by atoms with Gasteiger partial charge in [-0.2, -0.15) is 0 Å². The molecule has 0 aromatic heterocycles. The van der Waals surface area contributed by atoms with Crippen molar-refractivity contribution in [2.45, 2.75) is 19.4 Å². The SMILES string of the molecule is CNCc1ccc(N2CCCC2)cc1Br. The number of rotatable bonds is 3. The van der Waals surface area contributed by atoms with Crippen LogP contribution in [0.4, 0.5) is 5.69 Å². The summed E-state index contributed by atoms with van der Waals surface area (Å²) in [6.07, 6.45) is 2.66. The van der Waals surface area contributed by atoms with Crippen LogP contribution in [0.1, 0.15) is 18.4 Å². The van der Waals surface area contributed by atoms with Crippen LogP contribution in [0.25, 0.3) is 0 Å². The van der Waals surface area contributed by atoms with Gasteiger partial charge in [0.1, 0.15) is 0 Å². The molecule has 0 amide bonds. The van der Waals surface area contributed by atoms with Gasteiger partial charge in [-0.05, 0) is 37.6 Å². The van der Waals surface area contributed by atoms with Crippen LogP contribution < -0.4 is 10.2 Å². The zero-order valence-corrected chi connectivity index (χ0v) is 10.7. The summed E-state index contributed by atoms with van der Waals surface area (Å²) in [6.45, 7) is 3.33. The van der Waals surface area contributed by atoms with Crippen molar-refractivity contribution in [1.82, 2.24) is 5.32 Å². The van der Waals surface area contributed by atoms with E-state index in [0.717, 1.165) is 6.54 Å². The molecule has 0 saturated carbocycles. The predicted molar refractivity (Wildman–Crippen MR) is 68.4 cm³/mol. The summed E-state index contributed by atoms with van der Waals surface area (Å²) < 4.78 is 1.21. The minimum atomic E-state index is 0.918. The number of nitrogens with one attached hydrogen (secondary N) is 1. The second-order valence-corrected chi connectivity index (χ2v) is 4.85. The normalized spacial score (nSPS) is 16.0. The predicted octanol–water partition coefficient (Wildman–Crippen LogP) is 2.77. The highest BCUT2D eigenvalue weighted by Crippen LogP contribution is 2.26. The number of benzene rings is 1. The van der Waals surface area contributed by atoms with Gasteiger partial charge in [0.2, 0.25) is 0 Å². The summed E-state index contributed by atoms with van der Waals surface area (Å²) in [5.41, 5.74) is 2.67. The number of hydrogen-bond donors (Lipinski definition) is 1. The molecule has 1 aliphatic heterocycles. The molecule has 82 valence electrons. The van der Waals surface area contributed by atoms with Crippen molar-refractivity contribution in [1.29, 1.82) is 0 Å². The first-order chi connectivity index (χ1) is 7.31. The van der Waals surface area contributed by atoms with E-state index in [9.17, 15) is 0 Å². The van der Waals surface area contributed by atoms with E-state index in [2.05, 4.69) is 44.3 Å². The lowest BCUT2D eigenvalue weighted by Crippen LogP contribution is -2.17. The van der Waals surface area contributed by atoms with Crippen molar-refractivity contribution in [3.05, 3.63) is 28.2 Å². The number of hydrogen-bond acceptors (Lipinski definition) is 2. The summed E-state index contributed by atoms with van der Waals surface area (Å²) >= 11 is 3.63. The Morgan fingerprint density at radius 3 is 2.67 bits per heavy atom. The lowest BCUT2D eigenvalue weighted by molar-refractivity contribution is 0.814. The van der Waals surface area contributed by atoms with Crippen LogP contribution in [-0.4, -0.2) is 20.1 Å². The molecule has 0 aliphatic carbocycles. The highest BCUT2D eigenvalue weighted by atomic mass is 79.9. The monoisotopic (exact) mass is 268 g/mol. The number of halogens is 1. The van der Waals surface area contributed by atoms with Gasteiger partial charge >= 0.3 is 0 Å². The maximum Gasteiger partial charge on any atom is 0.0377 e. The van der Waals surface area contributed by atoms with Crippen molar-refractivity contribution >= 4 is 21.6 Å². The molecule has 1 N–H and O–H groups in total. The zero-order chi connectivity index (χ0) is 10.7. The Hall–Kier alpha value is -0.540. The zero-order valence-electron chi connectivity index (χ0n) is 9.09. The van der Waals surface area contributed by atoms with Crippen molar-refractivity contribution in [2.24, 2.45) is 0 Å². The van der Waals surface area contributed by atoms with Crippen LogP contribution in [0.5, 0.6) is 0 Å². The Morgan fingerprint density at radius 2 is 2.07 bits per heavy atom. The first-order valence-corrected chi connectivity index (χ1v) is 6.28. The summed E-state index contributed by atoms with van der Waals surface area (Å²) in [4.78, 5) is 2.45. The molecule has 1 fully saturated rings. The van der Waals surface area contributed by atoms with E-state index in [4.69, 9.17) is 0 Å². The van der Waals surface area contributed by atoms with Crippen LogP contribution in [0.3, 0.4) is 0 Å². The number of anilines is 1. The molecule has 2 rings (SSSR count). The van der Waals surface area contributed by atoms with Gasteiger partial charge < -0.3 is 10.2 Å². The fraction of sp³-hybridized carbons (Fsp3) is 0.500. The summed E-state index contributed by atoms with van der Waals surface area (Å²) in [5.74, 6) is 0. The van der Waals surface area contributed by atoms with Crippen molar-refractivity contribution in [3.63, 3.8) is 0 Å². The first-order valence-electron chi connectivity index (χ1n) is 5.49. The standard InChI is InChI=1S/C12H17BrN2/c1-14-9-10-4-5-11(8-12(10)13)15-6-2-3-7-15/h4-5,8,14H,2-3,6-7,9H2,1H3. The van der Waals surface area contributed by atoms with Crippen LogP contribution >= 0.6 is 15.9 Å². The van der Waals surface area contributed by atoms with E-state index in [0.29, 0.717) is 0 Å². The van der Waals surface area contributed by atoms with E-state index >= 15 is 0 Å². The van der Waals surface area contributed by atoms with Crippen LogP contribution in [0, 0.1) is 0 Å². The van der Waals surface area contributed by atoms with Crippen molar-refractivity contribution in [2.75, 3.05) is 25.0 Å². The maximum absolute atomic E-state index is 3.63. The molecular weight excluding hydrogens is 252 g/mol. The first kappa shape index (κ1) is 11.0. The minimum Gasteiger partial charge on any atom is -0.372 e. The third-order valence-corrected chi connectivity index (χ3v) is 3.61. The second kappa shape index (κ2) is 4.99. The summed E-state index contributed by atoms with van der Waals surface area (Å²) in [6, 6.07) is 6.66. The van der Waals surface area contributed by atoms with Crippen molar-refractivity contribution in [3.8, 4) is 0 Å². The molecule has 1 heterocycles. The lowest BCUT2D eigenvalue weighted by atomic mass is 10.2. The quantitative estimate of drug-likeness (QED) is 0.907. The molecule has 2 nitrogen and oxygen atoms in total. The van der Waals surface area contributed by atoms with E-state index in [1.807, 2.05) is 7.05 Å². The van der Waals surface area contributed by atoms with E-state index in [1.165, 1.54) is 41.7 Å². The topological polar surface area (TPSA) is 15.3 Å². The minimum absolute atomic E-state index is 0.918. The average molecular weight is 269 g/mol. The fourth-order valence-electron chi connectivity index (χ4n) is 2.04. The molecule has 0 bridgehead atoms. The van der Waals surface area contributed by atoms with Gasteiger partial charge in [0.05, 0.1) is 0 Å². The molecule has 0 radical (unpaired) electrons. The van der Waals surface area contributed by atoms with E-state index in [-0.39, 0.29) is 0 Å². The van der Waals surface area contributed by atoms with Gasteiger partial charge in [-0.25, -0.2) is 0 Å². The van der Waals surface area contributed by atoms with E-state index in [1.54, 1.807) is 0 Å². The largest absolute Gasteiger partial charge is 0.372 e. The molecule has 0 atom stereocenters. The van der Waals surface area contributed by atoms with Gasteiger partial charge in [-0.15, -0.1) is 0 Å². The Bertz CT molecular complexity index is 332. The van der Waals surface area contributed by atoms with Gasteiger partial charge in [-0.3, -0.25) is 0 Å².